The van der Waals surface area contributed by atoms with Crippen molar-refractivity contribution in [2.75, 3.05) is 6.54 Å². The fourth-order valence-electron chi connectivity index (χ4n) is 1.58. The van der Waals surface area contributed by atoms with Gasteiger partial charge in [0.15, 0.2) is 0 Å². The Morgan fingerprint density at radius 1 is 1.67 bits per heavy atom. The predicted octanol–water partition coefficient (Wildman–Crippen LogP) is 2.05. The third kappa shape index (κ3) is 1.39. The summed E-state index contributed by atoms with van der Waals surface area (Å²) in [4.78, 5) is 4.38. The Kier molecular flexibility index (Phi) is 2.15. The summed E-state index contributed by atoms with van der Waals surface area (Å²) in [5.74, 6) is 0. The predicted molar refractivity (Wildman–Crippen MR) is 52.1 cm³/mol. The van der Waals surface area contributed by atoms with E-state index < -0.39 is 0 Å². The minimum absolute atomic E-state index is 0.443. The molecule has 0 spiro atoms. The van der Waals surface area contributed by atoms with Crippen LogP contribution < -0.4 is 5.32 Å². The molecule has 2 rings (SSSR count). The Hall–Kier alpha value is -0.410. The minimum atomic E-state index is 0.443. The molecule has 0 saturated heterocycles. The highest BCUT2D eigenvalue weighted by molar-refractivity contribution is 9.10. The normalized spacial score (nSPS) is 22.0. The van der Waals surface area contributed by atoms with E-state index in [9.17, 15) is 0 Å². The number of halogens is 1. The summed E-state index contributed by atoms with van der Waals surface area (Å²) >= 11 is 3.43. The van der Waals surface area contributed by atoms with Gasteiger partial charge >= 0.3 is 0 Å². The molecular weight excluding hydrogens is 216 g/mol. The minimum Gasteiger partial charge on any atom is -0.310 e. The average molecular weight is 227 g/mol. The van der Waals surface area contributed by atoms with Gasteiger partial charge in [0.25, 0.3) is 0 Å². The van der Waals surface area contributed by atoms with Crippen LogP contribution in [0.4, 0.5) is 0 Å². The molecule has 1 N–H and O–H groups in total. The zero-order valence-electron chi connectivity index (χ0n) is 6.97. The highest BCUT2D eigenvalue weighted by atomic mass is 79.9. The van der Waals surface area contributed by atoms with E-state index in [2.05, 4.69) is 39.2 Å². The summed E-state index contributed by atoms with van der Waals surface area (Å²) in [5.41, 5.74) is 2.57. The molecule has 0 amide bonds. The first-order chi connectivity index (χ1) is 5.77. The second-order valence-corrected chi connectivity index (χ2v) is 4.03. The van der Waals surface area contributed by atoms with E-state index in [1.165, 1.54) is 11.3 Å². The van der Waals surface area contributed by atoms with E-state index in [4.69, 9.17) is 0 Å². The number of hydrogen-bond acceptors (Lipinski definition) is 2. The van der Waals surface area contributed by atoms with Gasteiger partial charge in [0.2, 0.25) is 0 Å². The van der Waals surface area contributed by atoms with Crippen molar-refractivity contribution in [3.63, 3.8) is 0 Å². The van der Waals surface area contributed by atoms with E-state index in [0.717, 1.165) is 17.4 Å². The molecule has 1 aromatic heterocycles. The van der Waals surface area contributed by atoms with Gasteiger partial charge in [0.05, 0.1) is 0 Å². The quantitative estimate of drug-likeness (QED) is 0.733. The SMILES string of the molecule is C[C@H]1NCCc2ncc(Br)cc21. The van der Waals surface area contributed by atoms with Crippen LogP contribution in [0.5, 0.6) is 0 Å². The molecule has 0 aliphatic carbocycles. The highest BCUT2D eigenvalue weighted by Gasteiger charge is 2.16. The van der Waals surface area contributed by atoms with Gasteiger partial charge in [0.1, 0.15) is 0 Å². The van der Waals surface area contributed by atoms with E-state index in [-0.39, 0.29) is 0 Å². The van der Waals surface area contributed by atoms with Crippen molar-refractivity contribution in [1.29, 1.82) is 0 Å². The van der Waals surface area contributed by atoms with Crippen molar-refractivity contribution in [3.8, 4) is 0 Å². The maximum Gasteiger partial charge on any atom is 0.0464 e. The second-order valence-electron chi connectivity index (χ2n) is 3.12. The largest absolute Gasteiger partial charge is 0.310 e. The molecule has 0 saturated carbocycles. The molecule has 0 fully saturated rings. The van der Waals surface area contributed by atoms with Crippen LogP contribution in [0.1, 0.15) is 24.2 Å². The van der Waals surface area contributed by atoms with Crippen LogP contribution in [0.3, 0.4) is 0 Å². The molecule has 1 aromatic rings. The smallest absolute Gasteiger partial charge is 0.0464 e. The van der Waals surface area contributed by atoms with Crippen LogP contribution in [-0.2, 0) is 6.42 Å². The average Bonchev–Trinajstić information content (AvgIpc) is 2.07. The number of hydrogen-bond donors (Lipinski definition) is 1. The summed E-state index contributed by atoms with van der Waals surface area (Å²) in [6.07, 6.45) is 2.92. The summed E-state index contributed by atoms with van der Waals surface area (Å²) in [7, 11) is 0. The van der Waals surface area contributed by atoms with Gasteiger partial charge in [-0.05, 0) is 34.5 Å². The fraction of sp³-hybridized carbons (Fsp3) is 0.444. The van der Waals surface area contributed by atoms with E-state index >= 15 is 0 Å². The van der Waals surface area contributed by atoms with Gasteiger partial charge in [-0.1, -0.05) is 0 Å². The van der Waals surface area contributed by atoms with Crippen molar-refractivity contribution in [2.24, 2.45) is 0 Å². The van der Waals surface area contributed by atoms with Crippen molar-refractivity contribution < 1.29 is 0 Å². The lowest BCUT2D eigenvalue weighted by Crippen LogP contribution is -2.28. The molecular formula is C9H11BrN2. The lowest BCUT2D eigenvalue weighted by atomic mass is 10.0. The molecule has 2 heterocycles. The highest BCUT2D eigenvalue weighted by Crippen LogP contribution is 2.23. The molecule has 12 heavy (non-hydrogen) atoms. The lowest BCUT2D eigenvalue weighted by molar-refractivity contribution is 0.532. The molecule has 1 aliphatic heterocycles. The first kappa shape index (κ1) is 8.20. The first-order valence-electron chi connectivity index (χ1n) is 4.15. The van der Waals surface area contributed by atoms with E-state index in [1.54, 1.807) is 0 Å². The van der Waals surface area contributed by atoms with Crippen LogP contribution in [0.2, 0.25) is 0 Å². The summed E-state index contributed by atoms with van der Waals surface area (Å²) in [6, 6.07) is 2.60. The monoisotopic (exact) mass is 226 g/mol. The summed E-state index contributed by atoms with van der Waals surface area (Å²) < 4.78 is 1.07. The third-order valence-corrected chi connectivity index (χ3v) is 2.68. The Morgan fingerprint density at radius 3 is 3.33 bits per heavy atom. The topological polar surface area (TPSA) is 24.9 Å². The molecule has 0 unspecified atom stereocenters. The van der Waals surface area contributed by atoms with E-state index in [1.807, 2.05) is 6.20 Å². The Bertz CT molecular complexity index is 299. The number of fused-ring (bicyclic) bond motifs is 1. The van der Waals surface area contributed by atoms with Crippen molar-refractivity contribution in [3.05, 3.63) is 28.0 Å². The molecule has 0 bridgehead atoms. The number of nitrogens with zero attached hydrogens (tertiary/aromatic N) is 1. The van der Waals surface area contributed by atoms with E-state index in [0.29, 0.717) is 6.04 Å². The molecule has 64 valence electrons. The third-order valence-electron chi connectivity index (χ3n) is 2.25. The van der Waals surface area contributed by atoms with Crippen molar-refractivity contribution in [1.82, 2.24) is 10.3 Å². The fourth-order valence-corrected chi connectivity index (χ4v) is 1.93. The zero-order chi connectivity index (χ0) is 8.55. The second kappa shape index (κ2) is 3.15. The Morgan fingerprint density at radius 2 is 2.50 bits per heavy atom. The first-order valence-corrected chi connectivity index (χ1v) is 4.94. The molecule has 1 atom stereocenters. The van der Waals surface area contributed by atoms with Gasteiger partial charge < -0.3 is 5.32 Å². The number of pyridine rings is 1. The standard InChI is InChI=1S/C9H11BrN2/c1-6-8-4-7(10)5-12-9(8)2-3-11-6/h4-6,11H,2-3H2,1H3/t6-/m1/s1. The van der Waals surface area contributed by atoms with Crippen LogP contribution >= 0.6 is 15.9 Å². The van der Waals surface area contributed by atoms with Gasteiger partial charge in [-0.2, -0.15) is 0 Å². The van der Waals surface area contributed by atoms with Gasteiger partial charge in [0, 0.05) is 35.4 Å². The maximum atomic E-state index is 4.38. The van der Waals surface area contributed by atoms with Gasteiger partial charge in [-0.3, -0.25) is 4.98 Å². The molecule has 1 aliphatic rings. The van der Waals surface area contributed by atoms with Crippen LogP contribution in [0.15, 0.2) is 16.7 Å². The zero-order valence-corrected chi connectivity index (χ0v) is 8.56. The van der Waals surface area contributed by atoms with Crippen LogP contribution in [0, 0.1) is 0 Å². The number of nitrogens with one attached hydrogen (secondary N) is 1. The van der Waals surface area contributed by atoms with Crippen LogP contribution in [-0.4, -0.2) is 11.5 Å². The van der Waals surface area contributed by atoms with Crippen molar-refractivity contribution >= 4 is 15.9 Å². The van der Waals surface area contributed by atoms with Gasteiger partial charge in [-0.25, -0.2) is 0 Å². The van der Waals surface area contributed by atoms with Crippen molar-refractivity contribution in [2.45, 2.75) is 19.4 Å². The summed E-state index contributed by atoms with van der Waals surface area (Å²) in [5, 5.41) is 3.40. The number of rotatable bonds is 0. The summed E-state index contributed by atoms with van der Waals surface area (Å²) in [6.45, 7) is 3.22. The Labute approximate surface area is 80.5 Å². The Balaban J connectivity index is 2.47. The van der Waals surface area contributed by atoms with Gasteiger partial charge in [-0.15, -0.1) is 0 Å². The number of aromatic nitrogens is 1. The molecule has 0 aromatic carbocycles. The molecule has 0 radical (unpaired) electrons. The molecule has 3 heteroatoms. The molecule has 2 nitrogen and oxygen atoms in total. The van der Waals surface area contributed by atoms with Crippen LogP contribution in [0.25, 0.3) is 0 Å². The maximum absolute atomic E-state index is 4.38. The lowest BCUT2D eigenvalue weighted by Gasteiger charge is -2.22.